The van der Waals surface area contributed by atoms with Gasteiger partial charge in [0, 0.05) is 12.6 Å². The standard InChI is InChI=1S/C19H24N2O3S/c1-13-6-7-17(12-14(13)2)15(3)20-19(22)16-8-10-18(11-9-16)21(4)25(5,23)24/h6-12,15H,1-5H3,(H,20,22)/t15-/m1/s1. The predicted octanol–water partition coefficient (Wildman–Crippen LogP) is 3.19. The first-order chi connectivity index (χ1) is 11.6. The summed E-state index contributed by atoms with van der Waals surface area (Å²) in [6.07, 6.45) is 1.14. The number of nitrogens with zero attached hydrogens (tertiary/aromatic N) is 1. The Kier molecular flexibility index (Phi) is 5.52. The van der Waals surface area contributed by atoms with Crippen molar-refractivity contribution in [2.75, 3.05) is 17.6 Å². The Bertz CT molecular complexity index is 874. The van der Waals surface area contributed by atoms with Gasteiger partial charge in [0.05, 0.1) is 18.0 Å². The first-order valence-electron chi connectivity index (χ1n) is 8.01. The van der Waals surface area contributed by atoms with Crippen molar-refractivity contribution in [3.05, 3.63) is 64.7 Å². The molecule has 0 fully saturated rings. The fourth-order valence-corrected chi connectivity index (χ4v) is 2.92. The van der Waals surface area contributed by atoms with Crippen LogP contribution in [0.15, 0.2) is 42.5 Å². The van der Waals surface area contributed by atoms with Gasteiger partial charge >= 0.3 is 0 Å². The number of amides is 1. The highest BCUT2D eigenvalue weighted by molar-refractivity contribution is 7.92. The Hall–Kier alpha value is -2.34. The third-order valence-electron chi connectivity index (χ3n) is 4.37. The number of aryl methyl sites for hydroxylation is 2. The van der Waals surface area contributed by atoms with Crippen LogP contribution in [-0.4, -0.2) is 27.6 Å². The zero-order chi connectivity index (χ0) is 18.8. The molecule has 0 bridgehead atoms. The first kappa shape index (κ1) is 19.0. The SMILES string of the molecule is Cc1ccc([C@@H](C)NC(=O)c2ccc(N(C)S(C)(=O)=O)cc2)cc1C. The third kappa shape index (κ3) is 4.60. The Morgan fingerprint density at radius 1 is 1.04 bits per heavy atom. The molecule has 2 rings (SSSR count). The van der Waals surface area contributed by atoms with Gasteiger partial charge in [-0.1, -0.05) is 18.2 Å². The molecule has 1 amide bonds. The van der Waals surface area contributed by atoms with Gasteiger partial charge in [-0.2, -0.15) is 0 Å². The number of carbonyl (C=O) groups excluding carboxylic acids is 1. The van der Waals surface area contributed by atoms with E-state index in [0.717, 1.165) is 11.8 Å². The van der Waals surface area contributed by atoms with Crippen molar-refractivity contribution in [1.82, 2.24) is 5.32 Å². The third-order valence-corrected chi connectivity index (χ3v) is 5.57. The van der Waals surface area contributed by atoms with Gasteiger partial charge in [0.1, 0.15) is 0 Å². The van der Waals surface area contributed by atoms with Crippen LogP contribution in [-0.2, 0) is 10.0 Å². The normalized spacial score (nSPS) is 12.5. The van der Waals surface area contributed by atoms with Crippen LogP contribution in [0, 0.1) is 13.8 Å². The van der Waals surface area contributed by atoms with E-state index in [-0.39, 0.29) is 11.9 Å². The number of hydrogen-bond acceptors (Lipinski definition) is 3. The summed E-state index contributed by atoms with van der Waals surface area (Å²) < 4.78 is 24.3. The van der Waals surface area contributed by atoms with Gasteiger partial charge in [0.2, 0.25) is 10.0 Å². The number of anilines is 1. The molecule has 0 aliphatic carbocycles. The Morgan fingerprint density at radius 3 is 2.16 bits per heavy atom. The molecular weight excluding hydrogens is 336 g/mol. The molecule has 0 saturated carbocycles. The minimum atomic E-state index is -3.32. The maximum Gasteiger partial charge on any atom is 0.251 e. The second-order valence-electron chi connectivity index (χ2n) is 6.32. The monoisotopic (exact) mass is 360 g/mol. The Labute approximate surface area is 149 Å². The highest BCUT2D eigenvalue weighted by Gasteiger charge is 2.15. The second kappa shape index (κ2) is 7.27. The summed E-state index contributed by atoms with van der Waals surface area (Å²) >= 11 is 0. The van der Waals surface area contributed by atoms with Crippen LogP contribution in [0.4, 0.5) is 5.69 Å². The van der Waals surface area contributed by atoms with Crippen molar-refractivity contribution in [3.63, 3.8) is 0 Å². The van der Waals surface area contributed by atoms with E-state index in [2.05, 4.69) is 18.3 Å². The van der Waals surface area contributed by atoms with Crippen molar-refractivity contribution in [1.29, 1.82) is 0 Å². The smallest absolute Gasteiger partial charge is 0.251 e. The summed E-state index contributed by atoms with van der Waals surface area (Å²) in [6.45, 7) is 6.04. The number of nitrogens with one attached hydrogen (secondary N) is 1. The maximum absolute atomic E-state index is 12.4. The van der Waals surface area contributed by atoms with E-state index in [1.807, 2.05) is 26.0 Å². The highest BCUT2D eigenvalue weighted by atomic mass is 32.2. The molecule has 1 N–H and O–H groups in total. The Balaban J connectivity index is 2.11. The van der Waals surface area contributed by atoms with E-state index in [1.54, 1.807) is 24.3 Å². The minimum Gasteiger partial charge on any atom is -0.346 e. The minimum absolute atomic E-state index is 0.120. The molecule has 0 aliphatic rings. The van der Waals surface area contributed by atoms with E-state index in [4.69, 9.17) is 0 Å². The molecule has 0 unspecified atom stereocenters. The molecule has 2 aromatic carbocycles. The molecule has 25 heavy (non-hydrogen) atoms. The summed E-state index contributed by atoms with van der Waals surface area (Å²) in [4.78, 5) is 12.4. The van der Waals surface area contributed by atoms with Crippen molar-refractivity contribution in [2.24, 2.45) is 0 Å². The van der Waals surface area contributed by atoms with Gasteiger partial charge in [0.15, 0.2) is 0 Å². The first-order valence-corrected chi connectivity index (χ1v) is 9.86. The quantitative estimate of drug-likeness (QED) is 0.890. The lowest BCUT2D eigenvalue weighted by Gasteiger charge is -2.18. The molecule has 0 aromatic heterocycles. The van der Waals surface area contributed by atoms with Gasteiger partial charge in [-0.05, 0) is 61.7 Å². The summed E-state index contributed by atoms with van der Waals surface area (Å²) in [6, 6.07) is 12.5. The van der Waals surface area contributed by atoms with E-state index in [1.165, 1.54) is 22.5 Å². The molecule has 1 atom stereocenters. The van der Waals surface area contributed by atoms with E-state index < -0.39 is 10.0 Å². The van der Waals surface area contributed by atoms with Crippen LogP contribution < -0.4 is 9.62 Å². The number of benzene rings is 2. The molecule has 134 valence electrons. The molecule has 6 heteroatoms. The van der Waals surface area contributed by atoms with Crippen LogP contribution in [0.5, 0.6) is 0 Å². The maximum atomic E-state index is 12.4. The van der Waals surface area contributed by atoms with Crippen LogP contribution in [0.25, 0.3) is 0 Å². The largest absolute Gasteiger partial charge is 0.346 e. The lowest BCUT2D eigenvalue weighted by atomic mass is 10.0. The number of rotatable bonds is 5. The lowest BCUT2D eigenvalue weighted by Crippen LogP contribution is -2.27. The average molecular weight is 360 g/mol. The van der Waals surface area contributed by atoms with Crippen LogP contribution >= 0.6 is 0 Å². The predicted molar refractivity (Wildman–Crippen MR) is 101 cm³/mol. The molecule has 0 radical (unpaired) electrons. The van der Waals surface area contributed by atoms with E-state index in [9.17, 15) is 13.2 Å². The van der Waals surface area contributed by atoms with E-state index >= 15 is 0 Å². The van der Waals surface area contributed by atoms with Crippen molar-refractivity contribution >= 4 is 21.6 Å². The number of carbonyl (C=O) groups is 1. The zero-order valence-corrected chi connectivity index (χ0v) is 16.0. The molecule has 2 aromatic rings. The molecular formula is C19H24N2O3S. The van der Waals surface area contributed by atoms with Crippen molar-refractivity contribution in [2.45, 2.75) is 26.8 Å². The number of hydrogen-bond donors (Lipinski definition) is 1. The molecule has 0 heterocycles. The van der Waals surface area contributed by atoms with Crippen molar-refractivity contribution < 1.29 is 13.2 Å². The van der Waals surface area contributed by atoms with Crippen LogP contribution in [0.1, 0.15) is 40.0 Å². The van der Waals surface area contributed by atoms with Crippen LogP contribution in [0.3, 0.4) is 0 Å². The van der Waals surface area contributed by atoms with Crippen molar-refractivity contribution in [3.8, 4) is 0 Å². The summed E-state index contributed by atoms with van der Waals surface area (Å²) in [5.74, 6) is -0.195. The average Bonchev–Trinajstić information content (AvgIpc) is 2.55. The topological polar surface area (TPSA) is 66.5 Å². The lowest BCUT2D eigenvalue weighted by molar-refractivity contribution is 0.0940. The summed E-state index contributed by atoms with van der Waals surface area (Å²) in [7, 11) is -1.84. The fourth-order valence-electron chi connectivity index (χ4n) is 2.41. The van der Waals surface area contributed by atoms with Gasteiger partial charge in [-0.3, -0.25) is 9.10 Å². The Morgan fingerprint density at radius 2 is 1.64 bits per heavy atom. The zero-order valence-electron chi connectivity index (χ0n) is 15.2. The molecule has 5 nitrogen and oxygen atoms in total. The van der Waals surface area contributed by atoms with Gasteiger partial charge in [0.25, 0.3) is 5.91 Å². The molecule has 0 spiro atoms. The van der Waals surface area contributed by atoms with E-state index in [0.29, 0.717) is 11.3 Å². The highest BCUT2D eigenvalue weighted by Crippen LogP contribution is 2.19. The van der Waals surface area contributed by atoms with Gasteiger partial charge in [-0.25, -0.2) is 8.42 Å². The summed E-state index contributed by atoms with van der Waals surface area (Å²) in [5.41, 5.74) is 4.45. The second-order valence-corrected chi connectivity index (χ2v) is 8.33. The summed E-state index contributed by atoms with van der Waals surface area (Å²) in [5, 5.41) is 2.97. The van der Waals surface area contributed by atoms with Gasteiger partial charge in [-0.15, -0.1) is 0 Å². The fraction of sp³-hybridized carbons (Fsp3) is 0.316. The molecule has 0 aliphatic heterocycles. The molecule has 0 saturated heterocycles. The number of sulfonamides is 1. The van der Waals surface area contributed by atoms with Crippen LogP contribution in [0.2, 0.25) is 0 Å². The van der Waals surface area contributed by atoms with Gasteiger partial charge < -0.3 is 5.32 Å².